The fourth-order valence-electron chi connectivity index (χ4n) is 2.31. The molecule has 0 unspecified atom stereocenters. The predicted molar refractivity (Wildman–Crippen MR) is 95.1 cm³/mol. The fraction of sp³-hybridized carbons (Fsp3) is 0.105. The highest BCUT2D eigenvalue weighted by Crippen LogP contribution is 2.23. The van der Waals surface area contributed by atoms with Crippen molar-refractivity contribution >= 4 is 17.5 Å². The Balaban J connectivity index is 1.69. The number of rotatable bonds is 6. The zero-order valence-electron chi connectivity index (χ0n) is 14.1. The summed E-state index contributed by atoms with van der Waals surface area (Å²) in [6.45, 7) is 0.241. The Morgan fingerprint density at radius 1 is 1.12 bits per heavy atom. The first-order valence-corrected chi connectivity index (χ1v) is 7.88. The lowest BCUT2D eigenvalue weighted by atomic mass is 10.2. The molecule has 3 aromatic rings. The molecule has 0 atom stereocenters. The Bertz CT molecular complexity index is 907. The fourth-order valence-corrected chi connectivity index (χ4v) is 2.31. The van der Waals surface area contributed by atoms with E-state index >= 15 is 0 Å². The topological polar surface area (TPSA) is 93.5 Å². The number of methoxy groups -OCH3 is 1. The van der Waals surface area contributed by atoms with E-state index in [1.807, 2.05) is 6.07 Å². The minimum Gasteiger partial charge on any atom is -0.495 e. The van der Waals surface area contributed by atoms with E-state index in [9.17, 15) is 9.59 Å². The van der Waals surface area contributed by atoms with E-state index < -0.39 is 5.91 Å². The van der Waals surface area contributed by atoms with Crippen molar-refractivity contribution in [1.29, 1.82) is 0 Å². The smallest absolute Gasteiger partial charge is 0.270 e. The standard InChI is InChI=1S/C19H17N3O4/c1-25-17-7-3-2-6-15(17)22-18(23)13-8-9-20-16(11-13)19(24)21-12-14-5-4-10-26-14/h2-11H,12H2,1H3,(H,21,24)(H,22,23). The van der Waals surface area contributed by atoms with Crippen molar-refractivity contribution < 1.29 is 18.7 Å². The number of pyridine rings is 1. The van der Waals surface area contributed by atoms with E-state index in [4.69, 9.17) is 9.15 Å². The molecule has 0 aliphatic heterocycles. The van der Waals surface area contributed by atoms with Crippen LogP contribution in [-0.2, 0) is 6.54 Å². The number of benzene rings is 1. The van der Waals surface area contributed by atoms with Gasteiger partial charge in [0.15, 0.2) is 0 Å². The number of ether oxygens (including phenoxy) is 1. The van der Waals surface area contributed by atoms with Gasteiger partial charge >= 0.3 is 0 Å². The van der Waals surface area contributed by atoms with E-state index in [1.54, 1.807) is 30.3 Å². The minimum atomic E-state index is -0.395. The Hall–Kier alpha value is -3.61. The molecular weight excluding hydrogens is 334 g/mol. The Kier molecular flexibility index (Phi) is 5.28. The molecule has 0 fully saturated rings. The molecule has 0 saturated carbocycles. The average molecular weight is 351 g/mol. The molecule has 2 amide bonds. The van der Waals surface area contributed by atoms with Crippen LogP contribution in [0.1, 0.15) is 26.6 Å². The molecule has 7 heteroatoms. The van der Waals surface area contributed by atoms with Crippen molar-refractivity contribution in [2.24, 2.45) is 0 Å². The van der Waals surface area contributed by atoms with Gasteiger partial charge in [-0.25, -0.2) is 0 Å². The van der Waals surface area contributed by atoms with Crippen LogP contribution in [0.2, 0.25) is 0 Å². The van der Waals surface area contributed by atoms with Gasteiger partial charge < -0.3 is 19.8 Å². The summed E-state index contributed by atoms with van der Waals surface area (Å²) in [5, 5.41) is 5.45. The minimum absolute atomic E-state index is 0.143. The van der Waals surface area contributed by atoms with Crippen LogP contribution in [0, 0.1) is 0 Å². The average Bonchev–Trinajstić information content (AvgIpc) is 3.20. The van der Waals surface area contributed by atoms with Gasteiger partial charge in [-0.05, 0) is 36.4 Å². The number of nitrogens with zero attached hydrogens (tertiary/aromatic N) is 1. The summed E-state index contributed by atoms with van der Waals surface area (Å²) < 4.78 is 10.4. The molecule has 26 heavy (non-hydrogen) atoms. The van der Waals surface area contributed by atoms with Gasteiger partial charge in [0.1, 0.15) is 17.2 Å². The molecule has 2 heterocycles. The lowest BCUT2D eigenvalue weighted by molar-refractivity contribution is 0.0943. The van der Waals surface area contributed by atoms with Crippen molar-refractivity contribution in [2.75, 3.05) is 12.4 Å². The van der Waals surface area contributed by atoms with Gasteiger partial charge in [0.2, 0.25) is 0 Å². The number of hydrogen-bond donors (Lipinski definition) is 2. The second kappa shape index (κ2) is 7.98. The summed E-state index contributed by atoms with van der Waals surface area (Å²) in [7, 11) is 1.53. The van der Waals surface area contributed by atoms with E-state index in [1.165, 1.54) is 31.7 Å². The highest BCUT2D eigenvalue weighted by molar-refractivity contribution is 6.06. The molecule has 3 rings (SSSR count). The SMILES string of the molecule is COc1ccccc1NC(=O)c1ccnc(C(=O)NCc2ccco2)c1. The zero-order valence-corrected chi connectivity index (χ0v) is 14.1. The quantitative estimate of drug-likeness (QED) is 0.712. The summed E-state index contributed by atoms with van der Waals surface area (Å²) in [4.78, 5) is 28.7. The summed E-state index contributed by atoms with van der Waals surface area (Å²) in [5.41, 5.74) is 0.999. The van der Waals surface area contributed by atoms with Crippen LogP contribution in [-0.4, -0.2) is 23.9 Å². The van der Waals surface area contributed by atoms with Gasteiger partial charge in [-0.15, -0.1) is 0 Å². The molecule has 0 bridgehead atoms. The van der Waals surface area contributed by atoms with Crippen molar-refractivity contribution in [3.63, 3.8) is 0 Å². The molecule has 0 saturated heterocycles. The second-order valence-electron chi connectivity index (χ2n) is 5.35. The molecule has 0 spiro atoms. The van der Waals surface area contributed by atoms with Gasteiger partial charge in [-0.3, -0.25) is 14.6 Å². The Labute approximate surface area is 150 Å². The Morgan fingerprint density at radius 3 is 2.73 bits per heavy atom. The number of carbonyl (C=O) groups excluding carboxylic acids is 2. The molecule has 0 radical (unpaired) electrons. The normalized spacial score (nSPS) is 10.2. The van der Waals surface area contributed by atoms with Crippen LogP contribution in [0.15, 0.2) is 65.4 Å². The van der Waals surface area contributed by atoms with Crippen molar-refractivity contribution in [3.05, 3.63) is 78.0 Å². The number of aromatic nitrogens is 1. The number of furan rings is 1. The van der Waals surface area contributed by atoms with Gasteiger partial charge in [-0.2, -0.15) is 0 Å². The third-order valence-electron chi connectivity index (χ3n) is 3.61. The first-order valence-electron chi connectivity index (χ1n) is 7.88. The summed E-state index contributed by atoms with van der Waals surface area (Å²) in [6.07, 6.45) is 2.95. The third-order valence-corrected chi connectivity index (χ3v) is 3.61. The van der Waals surface area contributed by atoms with E-state index in [2.05, 4.69) is 15.6 Å². The highest BCUT2D eigenvalue weighted by Gasteiger charge is 2.13. The molecule has 132 valence electrons. The van der Waals surface area contributed by atoms with Crippen molar-refractivity contribution in [1.82, 2.24) is 10.3 Å². The first kappa shape index (κ1) is 17.2. The highest BCUT2D eigenvalue weighted by atomic mass is 16.5. The summed E-state index contributed by atoms with van der Waals surface area (Å²) >= 11 is 0. The number of anilines is 1. The number of amides is 2. The van der Waals surface area contributed by atoms with Crippen LogP contribution < -0.4 is 15.4 Å². The van der Waals surface area contributed by atoms with Gasteiger partial charge in [0, 0.05) is 11.8 Å². The van der Waals surface area contributed by atoms with Gasteiger partial charge in [-0.1, -0.05) is 12.1 Å². The van der Waals surface area contributed by atoms with Gasteiger partial charge in [0.05, 0.1) is 25.6 Å². The molecule has 2 N–H and O–H groups in total. The van der Waals surface area contributed by atoms with Gasteiger partial charge in [0.25, 0.3) is 11.8 Å². The first-order chi connectivity index (χ1) is 12.7. The number of hydrogen-bond acceptors (Lipinski definition) is 5. The van der Waals surface area contributed by atoms with Crippen LogP contribution >= 0.6 is 0 Å². The summed E-state index contributed by atoms with van der Waals surface area (Å²) in [6, 6.07) is 13.5. The van der Waals surface area contributed by atoms with Crippen LogP contribution in [0.3, 0.4) is 0 Å². The molecular formula is C19H17N3O4. The zero-order chi connectivity index (χ0) is 18.4. The van der Waals surface area contributed by atoms with E-state index in [0.29, 0.717) is 22.8 Å². The molecule has 1 aromatic carbocycles. The Morgan fingerprint density at radius 2 is 1.96 bits per heavy atom. The predicted octanol–water partition coefficient (Wildman–Crippen LogP) is 2.87. The third kappa shape index (κ3) is 4.07. The summed E-state index contributed by atoms with van der Waals surface area (Å²) in [5.74, 6) is 0.417. The monoisotopic (exact) mass is 351 g/mol. The van der Waals surface area contributed by atoms with Crippen LogP contribution in [0.4, 0.5) is 5.69 Å². The number of carbonyl (C=O) groups is 2. The lowest BCUT2D eigenvalue weighted by Crippen LogP contribution is -2.24. The molecule has 7 nitrogen and oxygen atoms in total. The van der Waals surface area contributed by atoms with Crippen LogP contribution in [0.25, 0.3) is 0 Å². The van der Waals surface area contributed by atoms with E-state index in [-0.39, 0.29) is 18.1 Å². The second-order valence-corrected chi connectivity index (χ2v) is 5.35. The molecule has 0 aliphatic carbocycles. The van der Waals surface area contributed by atoms with Crippen molar-refractivity contribution in [2.45, 2.75) is 6.54 Å². The number of nitrogens with one attached hydrogen (secondary N) is 2. The molecule has 0 aliphatic rings. The maximum absolute atomic E-state index is 12.5. The maximum atomic E-state index is 12.5. The van der Waals surface area contributed by atoms with Crippen molar-refractivity contribution in [3.8, 4) is 5.75 Å². The number of para-hydroxylation sites is 2. The maximum Gasteiger partial charge on any atom is 0.270 e. The van der Waals surface area contributed by atoms with E-state index in [0.717, 1.165) is 0 Å². The molecule has 2 aromatic heterocycles. The van der Waals surface area contributed by atoms with Crippen LogP contribution in [0.5, 0.6) is 5.75 Å². The largest absolute Gasteiger partial charge is 0.495 e. The lowest BCUT2D eigenvalue weighted by Gasteiger charge is -2.10.